The van der Waals surface area contributed by atoms with Gasteiger partial charge in [-0.15, -0.1) is 0 Å². The molecule has 2 bridgehead atoms. The molecule has 0 amide bonds. The third-order valence-electron chi connectivity index (χ3n) is 7.70. The monoisotopic (exact) mass is 438 g/mol. The Bertz CT molecular complexity index is 705. The molecule has 3 fully saturated rings. The van der Waals surface area contributed by atoms with Crippen molar-refractivity contribution in [3.63, 3.8) is 0 Å². The molecule has 1 saturated carbocycles. The molecule has 1 spiro atoms. The Balaban J connectivity index is 0.00000146. The van der Waals surface area contributed by atoms with Crippen molar-refractivity contribution in [2.45, 2.75) is 37.3 Å². The van der Waals surface area contributed by atoms with Crippen molar-refractivity contribution in [1.29, 1.82) is 0 Å². The van der Waals surface area contributed by atoms with Gasteiger partial charge in [-0.2, -0.15) is 0 Å². The lowest BCUT2D eigenvalue weighted by atomic mass is 9.55. The van der Waals surface area contributed by atoms with Gasteiger partial charge in [0.15, 0.2) is 0 Å². The standard InChI is InChI=1S/C20H27N2O.HI/c1-3-13-11-22(2)9-8-20-16-6-4-5-7-17(16)21-19(20)15(12-23)14(13)10-18(20)22;/h3-7,14-15,18-19,21,23H,8-12H2,1-2H3;1H/q+1;/p-1/b13-3+;/t14-,15-,18+,19-,20-,22?;/m0./s1. The number of nitrogens with zero attached hydrogens (tertiary/aromatic N) is 1. The second-order valence-corrected chi connectivity index (χ2v) is 8.39. The summed E-state index contributed by atoms with van der Waals surface area (Å²) < 4.78 is 1.20. The highest BCUT2D eigenvalue weighted by atomic mass is 127. The van der Waals surface area contributed by atoms with E-state index in [9.17, 15) is 5.11 Å². The van der Waals surface area contributed by atoms with Crippen LogP contribution in [-0.2, 0) is 5.41 Å². The molecular weight excluding hydrogens is 411 g/mol. The third kappa shape index (κ3) is 1.80. The second-order valence-electron chi connectivity index (χ2n) is 8.39. The van der Waals surface area contributed by atoms with E-state index in [0.29, 0.717) is 30.5 Å². The molecule has 4 aliphatic rings. The number of hydrogen-bond acceptors (Lipinski definition) is 2. The quantitative estimate of drug-likeness (QED) is 0.353. The normalized spacial score (nSPS) is 46.0. The number of aliphatic hydroxyl groups excluding tert-OH is 1. The van der Waals surface area contributed by atoms with E-state index < -0.39 is 0 Å². The molecule has 5 rings (SSSR count). The average Bonchev–Trinajstić information content (AvgIpc) is 3.08. The first-order chi connectivity index (χ1) is 11.1. The smallest absolute Gasteiger partial charge is 0.102 e. The summed E-state index contributed by atoms with van der Waals surface area (Å²) in [5.41, 5.74) is 4.65. The Morgan fingerprint density at radius 1 is 1.38 bits per heavy atom. The molecule has 1 aromatic rings. The van der Waals surface area contributed by atoms with Crippen LogP contribution in [0.2, 0.25) is 0 Å². The van der Waals surface area contributed by atoms with Crippen molar-refractivity contribution in [2.75, 3.05) is 32.1 Å². The summed E-state index contributed by atoms with van der Waals surface area (Å²) in [6, 6.07) is 10.0. The highest BCUT2D eigenvalue weighted by Crippen LogP contribution is 2.62. The number of fused-ring (bicyclic) bond motifs is 2. The van der Waals surface area contributed by atoms with Crippen LogP contribution in [0.5, 0.6) is 0 Å². The van der Waals surface area contributed by atoms with Gasteiger partial charge < -0.3 is 38.9 Å². The molecule has 3 heterocycles. The van der Waals surface area contributed by atoms with Crippen LogP contribution in [0.1, 0.15) is 25.3 Å². The second kappa shape index (κ2) is 5.45. The fourth-order valence-electron chi connectivity index (χ4n) is 6.76. The number of anilines is 1. The fraction of sp³-hybridized carbons (Fsp3) is 0.600. The minimum atomic E-state index is 0. The van der Waals surface area contributed by atoms with Gasteiger partial charge in [0.1, 0.15) is 12.6 Å². The van der Waals surface area contributed by atoms with Gasteiger partial charge in [0.2, 0.25) is 0 Å². The summed E-state index contributed by atoms with van der Waals surface area (Å²) in [6.07, 6.45) is 4.83. The molecule has 0 radical (unpaired) electrons. The van der Waals surface area contributed by atoms with Gasteiger partial charge in [-0.05, 0) is 30.0 Å². The molecule has 1 aromatic carbocycles. The summed E-state index contributed by atoms with van der Waals surface area (Å²) in [6.45, 7) is 4.93. The van der Waals surface area contributed by atoms with Crippen LogP contribution in [0.25, 0.3) is 0 Å². The zero-order chi connectivity index (χ0) is 15.8. The number of benzene rings is 1. The number of rotatable bonds is 1. The maximum absolute atomic E-state index is 10.3. The van der Waals surface area contributed by atoms with Crippen molar-refractivity contribution < 1.29 is 33.6 Å². The van der Waals surface area contributed by atoms with Crippen LogP contribution in [0, 0.1) is 11.8 Å². The van der Waals surface area contributed by atoms with Gasteiger partial charge in [-0.3, -0.25) is 0 Å². The van der Waals surface area contributed by atoms with Crippen LogP contribution in [0.4, 0.5) is 5.69 Å². The number of nitrogens with one attached hydrogen (secondary N) is 1. The summed E-state index contributed by atoms with van der Waals surface area (Å²) in [5, 5.41) is 14.1. The van der Waals surface area contributed by atoms with E-state index in [1.807, 2.05) is 0 Å². The molecule has 24 heavy (non-hydrogen) atoms. The van der Waals surface area contributed by atoms with Crippen LogP contribution in [0.15, 0.2) is 35.9 Å². The SMILES string of the molecule is C/C=C1\C[N+]2(C)CC[C@@]34c5ccccc5N[C@H]3[C@@H](CO)[C@H]1C[C@H]42.[I-]. The maximum Gasteiger partial charge on any atom is 0.102 e. The zero-order valence-electron chi connectivity index (χ0n) is 14.5. The molecule has 0 aromatic heterocycles. The Labute approximate surface area is 161 Å². The summed E-state index contributed by atoms with van der Waals surface area (Å²) >= 11 is 0. The number of halogens is 1. The molecule has 6 atom stereocenters. The molecular formula is C20H27IN2O. The largest absolute Gasteiger partial charge is 1.00 e. The lowest BCUT2D eigenvalue weighted by Crippen LogP contribution is -3.00. The van der Waals surface area contributed by atoms with Gasteiger partial charge in [0, 0.05) is 37.1 Å². The average molecular weight is 438 g/mol. The predicted octanol–water partition coefficient (Wildman–Crippen LogP) is -0.470. The predicted molar refractivity (Wildman–Crippen MR) is 92.3 cm³/mol. The van der Waals surface area contributed by atoms with Gasteiger partial charge in [0.05, 0.1) is 19.0 Å². The van der Waals surface area contributed by atoms with Crippen molar-refractivity contribution >= 4 is 5.69 Å². The lowest BCUT2D eigenvalue weighted by Gasteiger charge is -2.56. The van der Waals surface area contributed by atoms with Gasteiger partial charge in [0.25, 0.3) is 0 Å². The first-order valence-corrected chi connectivity index (χ1v) is 9.10. The molecule has 2 saturated heterocycles. The highest BCUT2D eigenvalue weighted by Gasteiger charge is 2.70. The summed E-state index contributed by atoms with van der Waals surface area (Å²) in [7, 11) is 2.47. The van der Waals surface area contributed by atoms with E-state index >= 15 is 0 Å². The van der Waals surface area contributed by atoms with Gasteiger partial charge in [-0.1, -0.05) is 24.3 Å². The fourth-order valence-corrected chi connectivity index (χ4v) is 6.76. The number of allylic oxidation sites excluding steroid dienone is 1. The first kappa shape index (κ1) is 16.9. The van der Waals surface area contributed by atoms with Crippen molar-refractivity contribution in [1.82, 2.24) is 0 Å². The van der Waals surface area contributed by atoms with Crippen LogP contribution < -0.4 is 29.3 Å². The van der Waals surface area contributed by atoms with E-state index in [2.05, 4.69) is 49.6 Å². The van der Waals surface area contributed by atoms with Crippen LogP contribution in [-0.4, -0.2) is 48.4 Å². The minimum absolute atomic E-state index is 0. The Morgan fingerprint density at radius 2 is 2.17 bits per heavy atom. The van der Waals surface area contributed by atoms with E-state index in [1.165, 1.54) is 41.7 Å². The summed E-state index contributed by atoms with van der Waals surface area (Å²) in [5.74, 6) is 0.899. The van der Waals surface area contributed by atoms with E-state index in [1.54, 1.807) is 5.57 Å². The molecule has 3 nitrogen and oxygen atoms in total. The summed E-state index contributed by atoms with van der Waals surface area (Å²) in [4.78, 5) is 0. The number of likely N-dealkylation sites (N-methyl/N-ethyl adjacent to an activating group) is 1. The highest BCUT2D eigenvalue weighted by molar-refractivity contribution is 5.64. The number of para-hydroxylation sites is 1. The maximum atomic E-state index is 10.3. The zero-order valence-corrected chi connectivity index (χ0v) is 16.7. The Morgan fingerprint density at radius 3 is 2.92 bits per heavy atom. The van der Waals surface area contributed by atoms with E-state index in [4.69, 9.17) is 0 Å². The first-order valence-electron chi connectivity index (χ1n) is 9.10. The molecule has 130 valence electrons. The number of piperidine rings is 1. The molecule has 1 unspecified atom stereocenters. The van der Waals surface area contributed by atoms with Crippen molar-refractivity contribution in [2.24, 2.45) is 11.8 Å². The Kier molecular flexibility index (Phi) is 3.83. The van der Waals surface area contributed by atoms with E-state index in [0.717, 1.165) is 0 Å². The topological polar surface area (TPSA) is 32.3 Å². The number of quaternary nitrogens is 1. The van der Waals surface area contributed by atoms with E-state index in [-0.39, 0.29) is 29.4 Å². The number of hydrogen-bond donors (Lipinski definition) is 2. The van der Waals surface area contributed by atoms with Crippen LogP contribution in [0.3, 0.4) is 0 Å². The third-order valence-corrected chi connectivity index (χ3v) is 7.70. The molecule has 3 aliphatic heterocycles. The van der Waals surface area contributed by atoms with Crippen molar-refractivity contribution in [3.05, 3.63) is 41.5 Å². The molecule has 2 N–H and O–H groups in total. The minimum Gasteiger partial charge on any atom is -1.00 e. The number of aliphatic hydroxyl groups is 1. The van der Waals surface area contributed by atoms with Gasteiger partial charge in [-0.25, -0.2) is 0 Å². The van der Waals surface area contributed by atoms with Crippen molar-refractivity contribution in [3.8, 4) is 0 Å². The molecule has 4 heteroatoms. The lowest BCUT2D eigenvalue weighted by molar-refractivity contribution is -0.925. The van der Waals surface area contributed by atoms with Gasteiger partial charge >= 0.3 is 0 Å². The Hall–Kier alpha value is -0.590. The molecule has 1 aliphatic carbocycles. The van der Waals surface area contributed by atoms with Crippen LogP contribution >= 0.6 is 0 Å².